The first-order chi connectivity index (χ1) is 8.59. The molecule has 0 aromatic heterocycles. The van der Waals surface area contributed by atoms with Crippen LogP contribution in [0.2, 0.25) is 0 Å². The van der Waals surface area contributed by atoms with Gasteiger partial charge in [-0.2, -0.15) is 0 Å². The molecule has 0 aliphatic rings. The quantitative estimate of drug-likeness (QED) is 0.767. The van der Waals surface area contributed by atoms with Crippen LogP contribution in [0.5, 0.6) is 0 Å². The van der Waals surface area contributed by atoms with Crippen molar-refractivity contribution in [3.63, 3.8) is 0 Å². The Morgan fingerprint density at radius 1 is 0.789 bits per heavy atom. The third kappa shape index (κ3) is 27.2. The second-order valence-corrected chi connectivity index (χ2v) is 6.29. The van der Waals surface area contributed by atoms with Gasteiger partial charge in [0.1, 0.15) is 0 Å². The summed E-state index contributed by atoms with van der Waals surface area (Å²) >= 11 is 0. The lowest BCUT2D eigenvalue weighted by molar-refractivity contribution is 0.185. The number of rotatable bonds is 5. The third-order valence-electron chi connectivity index (χ3n) is 2.56. The number of hydrogen-bond acceptors (Lipinski definition) is 2. The lowest BCUT2D eigenvalue weighted by Gasteiger charge is -2.28. The summed E-state index contributed by atoms with van der Waals surface area (Å²) in [6, 6.07) is 1.38. The van der Waals surface area contributed by atoms with Crippen LogP contribution in [0.4, 0.5) is 0 Å². The van der Waals surface area contributed by atoms with Gasteiger partial charge >= 0.3 is 0 Å². The van der Waals surface area contributed by atoms with E-state index in [0.29, 0.717) is 12.1 Å². The molecule has 2 nitrogen and oxygen atoms in total. The molecular formula is C17H41NO. The number of aliphatic hydroxyl groups excluding tert-OH is 1. The van der Waals surface area contributed by atoms with Gasteiger partial charge in [0.05, 0.1) is 0 Å². The Bertz CT molecular complexity index is 143. The molecule has 0 bridgehead atoms. The Labute approximate surface area is 123 Å². The average Bonchev–Trinajstić information content (AvgIpc) is 2.16. The van der Waals surface area contributed by atoms with Crippen LogP contribution in [0.3, 0.4) is 0 Å². The molecule has 0 atom stereocenters. The van der Waals surface area contributed by atoms with Crippen molar-refractivity contribution in [2.24, 2.45) is 5.92 Å². The van der Waals surface area contributed by atoms with Crippen molar-refractivity contribution in [1.82, 2.24) is 4.90 Å². The molecule has 120 valence electrons. The molecule has 0 heterocycles. The molecule has 0 saturated heterocycles. The third-order valence-corrected chi connectivity index (χ3v) is 2.56. The van der Waals surface area contributed by atoms with E-state index in [2.05, 4.69) is 60.3 Å². The Balaban J connectivity index is -0.000000222. The molecule has 0 aromatic carbocycles. The highest BCUT2D eigenvalue weighted by molar-refractivity contribution is 4.64. The summed E-state index contributed by atoms with van der Waals surface area (Å²) in [5.74, 6) is 0.898. The van der Waals surface area contributed by atoms with Crippen LogP contribution in [0.1, 0.15) is 82.1 Å². The van der Waals surface area contributed by atoms with Gasteiger partial charge in [0, 0.05) is 18.2 Å². The van der Waals surface area contributed by atoms with Crippen LogP contribution < -0.4 is 0 Å². The number of nitrogens with zero attached hydrogens (tertiary/aromatic N) is 1. The lowest BCUT2D eigenvalue weighted by Crippen LogP contribution is -2.36. The first-order valence-electron chi connectivity index (χ1n) is 8.03. The molecule has 0 unspecified atom stereocenters. The average molecular weight is 276 g/mol. The van der Waals surface area contributed by atoms with Crippen LogP contribution in [-0.4, -0.2) is 34.7 Å². The Hall–Kier alpha value is -0.0800. The minimum absolute atomic E-state index is 0.167. The summed E-state index contributed by atoms with van der Waals surface area (Å²) in [4.78, 5) is 2.46. The molecule has 19 heavy (non-hydrogen) atoms. The maximum Gasteiger partial charge on any atom is 0.0483 e. The number of aliphatic hydroxyl groups is 1. The largest absolute Gasteiger partial charge is 0.394 e. The predicted molar refractivity (Wildman–Crippen MR) is 89.8 cm³/mol. The van der Waals surface area contributed by atoms with Gasteiger partial charge in [0.25, 0.3) is 0 Å². The Morgan fingerprint density at radius 3 is 1.11 bits per heavy atom. The summed E-state index contributed by atoms with van der Waals surface area (Å²) < 4.78 is 0. The zero-order chi connectivity index (χ0) is 16.0. The Kier molecular flexibility index (Phi) is 20.2. The fraction of sp³-hybridized carbons (Fsp3) is 1.00. The van der Waals surface area contributed by atoms with Crippen LogP contribution in [0, 0.1) is 5.92 Å². The van der Waals surface area contributed by atoms with E-state index in [1.807, 2.05) is 0 Å². The summed E-state index contributed by atoms with van der Waals surface area (Å²) in [7, 11) is 0. The maximum atomic E-state index is 8.06. The predicted octanol–water partition coefficient (Wildman–Crippen LogP) is 4.95. The topological polar surface area (TPSA) is 23.5 Å². The standard InChI is InChI=1S/C8H19N.C6H14.C3H8O/c1-6-9(7(2)3)8(4)5;1-4-5-6(2)3;1-3(2)4/h7-8H,6H2,1-5H3;6H,4-5H2,1-3H3;3-4H,1-2H3. The van der Waals surface area contributed by atoms with E-state index in [1.54, 1.807) is 13.8 Å². The monoisotopic (exact) mass is 275 g/mol. The fourth-order valence-corrected chi connectivity index (χ4v) is 1.90. The molecular weight excluding hydrogens is 234 g/mol. The second-order valence-electron chi connectivity index (χ2n) is 6.29. The molecule has 1 N–H and O–H groups in total. The molecule has 0 radical (unpaired) electrons. The SMILES string of the molecule is CC(C)O.CCCC(C)C.CCN(C(C)C)C(C)C. The number of hydrogen-bond donors (Lipinski definition) is 1. The van der Waals surface area contributed by atoms with Gasteiger partial charge in [0.2, 0.25) is 0 Å². The van der Waals surface area contributed by atoms with Gasteiger partial charge in [-0.3, -0.25) is 4.90 Å². The van der Waals surface area contributed by atoms with Gasteiger partial charge < -0.3 is 5.11 Å². The molecule has 0 fully saturated rings. The van der Waals surface area contributed by atoms with E-state index in [9.17, 15) is 0 Å². The smallest absolute Gasteiger partial charge is 0.0483 e. The summed E-state index contributed by atoms with van der Waals surface area (Å²) in [6.45, 7) is 22.5. The zero-order valence-corrected chi connectivity index (χ0v) is 15.3. The van der Waals surface area contributed by atoms with Crippen LogP contribution >= 0.6 is 0 Å². The molecule has 0 aromatic rings. The lowest BCUT2D eigenvalue weighted by atomic mass is 10.1. The van der Waals surface area contributed by atoms with E-state index in [4.69, 9.17) is 5.11 Å². The van der Waals surface area contributed by atoms with Gasteiger partial charge in [-0.05, 0) is 54.0 Å². The van der Waals surface area contributed by atoms with Crippen LogP contribution in [-0.2, 0) is 0 Å². The maximum absolute atomic E-state index is 8.06. The van der Waals surface area contributed by atoms with Crippen molar-refractivity contribution in [1.29, 1.82) is 0 Å². The highest BCUT2D eigenvalue weighted by Crippen LogP contribution is 2.02. The molecule has 0 aliphatic carbocycles. The first-order valence-corrected chi connectivity index (χ1v) is 8.03. The van der Waals surface area contributed by atoms with Crippen molar-refractivity contribution in [3.05, 3.63) is 0 Å². The first kappa shape index (κ1) is 24.0. The molecule has 0 aliphatic heterocycles. The van der Waals surface area contributed by atoms with Crippen molar-refractivity contribution in [3.8, 4) is 0 Å². The van der Waals surface area contributed by atoms with E-state index >= 15 is 0 Å². The summed E-state index contributed by atoms with van der Waals surface area (Å²) in [5, 5.41) is 8.06. The molecule has 0 rings (SSSR count). The molecule has 0 amide bonds. The minimum atomic E-state index is -0.167. The van der Waals surface area contributed by atoms with Crippen LogP contribution in [0.15, 0.2) is 0 Å². The zero-order valence-electron chi connectivity index (χ0n) is 15.3. The molecule has 0 spiro atoms. The highest BCUT2D eigenvalue weighted by Gasteiger charge is 2.08. The normalized spacial score (nSPS) is 10.7. The van der Waals surface area contributed by atoms with Gasteiger partial charge in [-0.25, -0.2) is 0 Å². The second kappa shape index (κ2) is 16.0. The van der Waals surface area contributed by atoms with Gasteiger partial charge in [-0.15, -0.1) is 0 Å². The van der Waals surface area contributed by atoms with E-state index in [1.165, 1.54) is 12.8 Å². The van der Waals surface area contributed by atoms with Gasteiger partial charge in [-0.1, -0.05) is 40.5 Å². The molecule has 2 heteroatoms. The van der Waals surface area contributed by atoms with Gasteiger partial charge in [0.15, 0.2) is 0 Å². The highest BCUT2D eigenvalue weighted by atomic mass is 16.3. The summed E-state index contributed by atoms with van der Waals surface area (Å²) in [5.41, 5.74) is 0. The van der Waals surface area contributed by atoms with Crippen molar-refractivity contribution >= 4 is 0 Å². The fourth-order valence-electron chi connectivity index (χ4n) is 1.90. The van der Waals surface area contributed by atoms with Crippen molar-refractivity contribution in [2.75, 3.05) is 6.54 Å². The van der Waals surface area contributed by atoms with Crippen molar-refractivity contribution in [2.45, 2.75) is 100 Å². The molecule has 0 saturated carbocycles. The Morgan fingerprint density at radius 2 is 1.11 bits per heavy atom. The summed E-state index contributed by atoms with van der Waals surface area (Å²) in [6.07, 6.45) is 2.54. The minimum Gasteiger partial charge on any atom is -0.394 e. The van der Waals surface area contributed by atoms with E-state index in [-0.39, 0.29) is 6.10 Å². The van der Waals surface area contributed by atoms with E-state index in [0.717, 1.165) is 12.5 Å². The van der Waals surface area contributed by atoms with E-state index < -0.39 is 0 Å². The van der Waals surface area contributed by atoms with Crippen molar-refractivity contribution < 1.29 is 5.11 Å². The van der Waals surface area contributed by atoms with Crippen LogP contribution in [0.25, 0.3) is 0 Å².